The maximum absolute atomic E-state index is 13.3. The van der Waals surface area contributed by atoms with E-state index in [0.29, 0.717) is 22.1 Å². The summed E-state index contributed by atoms with van der Waals surface area (Å²) in [5.74, 6) is -0.137. The minimum absolute atomic E-state index is 0.152. The highest BCUT2D eigenvalue weighted by atomic mass is 35.5. The number of rotatable bonds is 5. The Morgan fingerprint density at radius 1 is 1.07 bits per heavy atom. The Morgan fingerprint density at radius 3 is 2.28 bits per heavy atom. The predicted octanol–water partition coefficient (Wildman–Crippen LogP) is 5.45. The van der Waals surface area contributed by atoms with E-state index in [9.17, 15) is 18.0 Å². The van der Waals surface area contributed by atoms with Gasteiger partial charge in [-0.2, -0.15) is 17.9 Å². The summed E-state index contributed by atoms with van der Waals surface area (Å²) in [4.78, 5) is 12.8. The summed E-state index contributed by atoms with van der Waals surface area (Å²) < 4.78 is 41.2. The van der Waals surface area contributed by atoms with Crippen molar-refractivity contribution in [2.24, 2.45) is 5.41 Å². The van der Waals surface area contributed by atoms with E-state index < -0.39 is 23.8 Å². The first kappa shape index (κ1) is 21.0. The molecular formula is C20H18ClF3N4O. The fourth-order valence-electron chi connectivity index (χ4n) is 2.78. The fraction of sp³-hybridized carbons (Fsp3) is 0.300. The molecule has 152 valence electrons. The molecule has 3 rings (SSSR count). The number of aromatic nitrogens is 4. The van der Waals surface area contributed by atoms with Gasteiger partial charge in [0.05, 0.1) is 11.1 Å². The first-order valence-corrected chi connectivity index (χ1v) is 9.12. The number of halogens is 4. The maximum Gasteiger partial charge on any atom is 0.394 e. The number of benzene rings is 2. The van der Waals surface area contributed by atoms with Crippen LogP contribution in [-0.2, 0) is 0 Å². The molecule has 0 saturated carbocycles. The Kier molecular flexibility index (Phi) is 5.49. The summed E-state index contributed by atoms with van der Waals surface area (Å²) in [5, 5.41) is 11.9. The van der Waals surface area contributed by atoms with E-state index in [1.807, 2.05) is 0 Å². The number of aryl methyl sites for hydroxylation is 1. The van der Waals surface area contributed by atoms with Gasteiger partial charge in [0.1, 0.15) is 0 Å². The van der Waals surface area contributed by atoms with Gasteiger partial charge in [-0.05, 0) is 58.8 Å². The summed E-state index contributed by atoms with van der Waals surface area (Å²) in [6.45, 7) is 3.71. The van der Waals surface area contributed by atoms with Gasteiger partial charge in [-0.15, -0.1) is 5.10 Å². The number of carbonyl (C=O) groups excluding carboxylic acids is 1. The van der Waals surface area contributed by atoms with Gasteiger partial charge in [-0.3, -0.25) is 4.79 Å². The number of nitrogens with zero attached hydrogens (tertiary/aromatic N) is 4. The number of alkyl halides is 3. The highest BCUT2D eigenvalue weighted by Gasteiger charge is 2.48. The molecule has 29 heavy (non-hydrogen) atoms. The SMILES string of the molecule is Cc1nnnn1-c1cc(C(=O)CC(C)(C)C(F)(F)F)cc(-c2ccc(Cl)cc2)c1. The van der Waals surface area contributed by atoms with Crippen LogP contribution in [0.2, 0.25) is 5.02 Å². The molecule has 0 amide bonds. The van der Waals surface area contributed by atoms with Gasteiger partial charge in [0, 0.05) is 17.0 Å². The molecule has 0 aliphatic heterocycles. The van der Waals surface area contributed by atoms with Gasteiger partial charge in [0.15, 0.2) is 11.6 Å². The van der Waals surface area contributed by atoms with Gasteiger partial charge in [-0.25, -0.2) is 0 Å². The number of hydrogen-bond donors (Lipinski definition) is 0. The second kappa shape index (κ2) is 7.59. The largest absolute Gasteiger partial charge is 0.394 e. The van der Waals surface area contributed by atoms with Crippen molar-refractivity contribution in [1.29, 1.82) is 0 Å². The van der Waals surface area contributed by atoms with E-state index in [-0.39, 0.29) is 5.56 Å². The Morgan fingerprint density at radius 2 is 1.72 bits per heavy atom. The van der Waals surface area contributed by atoms with Gasteiger partial charge >= 0.3 is 6.18 Å². The molecular weight excluding hydrogens is 405 g/mol. The molecule has 0 saturated heterocycles. The average molecular weight is 423 g/mol. The monoisotopic (exact) mass is 422 g/mol. The van der Waals surface area contributed by atoms with Crippen molar-refractivity contribution in [3.8, 4) is 16.8 Å². The van der Waals surface area contributed by atoms with E-state index in [2.05, 4.69) is 15.5 Å². The molecule has 0 N–H and O–H groups in total. The molecule has 0 atom stereocenters. The number of Topliss-reactive ketones (excluding diaryl/α,β-unsaturated/α-hetero) is 1. The van der Waals surface area contributed by atoms with Crippen LogP contribution in [0.3, 0.4) is 0 Å². The molecule has 0 aliphatic rings. The number of tetrazole rings is 1. The first-order valence-electron chi connectivity index (χ1n) is 8.74. The van der Waals surface area contributed by atoms with Gasteiger partial charge in [-0.1, -0.05) is 37.6 Å². The molecule has 9 heteroatoms. The quantitative estimate of drug-likeness (QED) is 0.513. The van der Waals surface area contributed by atoms with Crippen LogP contribution in [0.1, 0.15) is 36.5 Å². The lowest BCUT2D eigenvalue weighted by Crippen LogP contribution is -2.34. The number of hydrogen-bond acceptors (Lipinski definition) is 4. The molecule has 2 aromatic carbocycles. The Labute approximate surface area is 170 Å². The second-order valence-electron chi connectivity index (χ2n) is 7.39. The van der Waals surface area contributed by atoms with Crippen LogP contribution in [0.15, 0.2) is 42.5 Å². The van der Waals surface area contributed by atoms with E-state index in [0.717, 1.165) is 19.4 Å². The molecule has 0 fully saturated rings. The zero-order valence-electron chi connectivity index (χ0n) is 16.0. The van der Waals surface area contributed by atoms with Crippen molar-refractivity contribution in [1.82, 2.24) is 20.2 Å². The summed E-state index contributed by atoms with van der Waals surface area (Å²) in [5.41, 5.74) is -0.119. The van der Waals surface area contributed by atoms with Crippen LogP contribution in [0.5, 0.6) is 0 Å². The van der Waals surface area contributed by atoms with Gasteiger partial charge in [0.2, 0.25) is 0 Å². The third kappa shape index (κ3) is 4.48. The van der Waals surface area contributed by atoms with Gasteiger partial charge in [0.25, 0.3) is 0 Å². The summed E-state index contributed by atoms with van der Waals surface area (Å²) in [7, 11) is 0. The molecule has 1 heterocycles. The zero-order valence-corrected chi connectivity index (χ0v) is 16.7. The Bertz CT molecular complexity index is 1040. The van der Waals surface area contributed by atoms with Crippen LogP contribution in [0.25, 0.3) is 16.8 Å². The fourth-order valence-corrected chi connectivity index (χ4v) is 2.90. The molecule has 0 unspecified atom stereocenters. The Balaban J connectivity index is 2.09. The second-order valence-corrected chi connectivity index (χ2v) is 7.83. The summed E-state index contributed by atoms with van der Waals surface area (Å²) in [6, 6.07) is 11.8. The van der Waals surface area contributed by atoms with E-state index in [1.54, 1.807) is 43.3 Å². The van der Waals surface area contributed by atoms with Crippen LogP contribution < -0.4 is 0 Å². The van der Waals surface area contributed by atoms with Crippen molar-refractivity contribution in [3.63, 3.8) is 0 Å². The van der Waals surface area contributed by atoms with Crippen LogP contribution >= 0.6 is 11.6 Å². The van der Waals surface area contributed by atoms with E-state index >= 15 is 0 Å². The van der Waals surface area contributed by atoms with Crippen molar-refractivity contribution in [3.05, 3.63) is 58.9 Å². The topological polar surface area (TPSA) is 60.7 Å². The molecule has 5 nitrogen and oxygen atoms in total. The first-order chi connectivity index (χ1) is 13.5. The lowest BCUT2D eigenvalue weighted by Gasteiger charge is -2.27. The minimum Gasteiger partial charge on any atom is -0.294 e. The Hall–Kier alpha value is -2.74. The smallest absolute Gasteiger partial charge is 0.294 e. The maximum atomic E-state index is 13.3. The molecule has 0 spiro atoms. The minimum atomic E-state index is -4.49. The van der Waals surface area contributed by atoms with E-state index in [4.69, 9.17) is 11.6 Å². The lowest BCUT2D eigenvalue weighted by molar-refractivity contribution is -0.209. The average Bonchev–Trinajstić information content (AvgIpc) is 3.06. The summed E-state index contributed by atoms with van der Waals surface area (Å²) in [6.07, 6.45) is -5.17. The number of ketones is 1. The predicted molar refractivity (Wildman–Crippen MR) is 103 cm³/mol. The molecule has 0 bridgehead atoms. The van der Waals surface area contributed by atoms with Crippen molar-refractivity contribution in [2.75, 3.05) is 0 Å². The zero-order chi connectivity index (χ0) is 21.4. The van der Waals surface area contributed by atoms with Crippen molar-refractivity contribution >= 4 is 17.4 Å². The third-order valence-electron chi connectivity index (χ3n) is 4.66. The molecule has 0 aliphatic carbocycles. The lowest BCUT2D eigenvalue weighted by atomic mass is 9.84. The third-order valence-corrected chi connectivity index (χ3v) is 4.91. The van der Waals surface area contributed by atoms with Crippen LogP contribution in [0.4, 0.5) is 13.2 Å². The highest BCUT2D eigenvalue weighted by Crippen LogP contribution is 2.41. The number of carbonyl (C=O) groups is 1. The van der Waals surface area contributed by atoms with Crippen molar-refractivity contribution < 1.29 is 18.0 Å². The highest BCUT2D eigenvalue weighted by molar-refractivity contribution is 6.30. The standard InChI is InChI=1S/C20H18ClF3N4O/c1-12-25-26-27-28(12)17-9-14(13-4-6-16(21)7-5-13)8-15(10-17)18(29)11-19(2,3)20(22,23)24/h4-10H,11H2,1-3H3. The van der Waals surface area contributed by atoms with Crippen molar-refractivity contribution in [2.45, 2.75) is 33.4 Å². The van der Waals surface area contributed by atoms with Gasteiger partial charge < -0.3 is 0 Å². The molecule has 0 radical (unpaired) electrons. The molecule has 3 aromatic rings. The van der Waals surface area contributed by atoms with Crippen LogP contribution in [0, 0.1) is 12.3 Å². The van der Waals surface area contributed by atoms with E-state index in [1.165, 1.54) is 10.7 Å². The molecule has 1 aromatic heterocycles. The van der Waals surface area contributed by atoms with Crippen LogP contribution in [-0.4, -0.2) is 32.2 Å². The normalized spacial score (nSPS) is 12.2. The summed E-state index contributed by atoms with van der Waals surface area (Å²) >= 11 is 5.94.